The highest BCUT2D eigenvalue weighted by atomic mass is 32.2. The predicted octanol–water partition coefficient (Wildman–Crippen LogP) is 6.56. The molecule has 4 rings (SSSR count). The Balaban J connectivity index is 1.75. The first-order valence-corrected chi connectivity index (χ1v) is 13.2. The number of benzene rings is 3. The Morgan fingerprint density at radius 1 is 1.03 bits per heavy atom. The molecular formula is C29H35N3O2S. The third-order valence-corrected chi connectivity index (χ3v) is 7.78. The fraction of sp³-hybridized carbons (Fsp3) is 0.345. The van der Waals surface area contributed by atoms with Crippen molar-refractivity contribution in [3.63, 3.8) is 0 Å². The van der Waals surface area contributed by atoms with Crippen molar-refractivity contribution in [2.75, 3.05) is 6.54 Å². The molecule has 0 spiro atoms. The number of phenols is 1. The summed E-state index contributed by atoms with van der Waals surface area (Å²) in [5.41, 5.74) is 5.62. The summed E-state index contributed by atoms with van der Waals surface area (Å²) in [6, 6.07) is 21.5. The lowest BCUT2D eigenvalue weighted by Crippen LogP contribution is -2.70. The van der Waals surface area contributed by atoms with E-state index in [4.69, 9.17) is 4.99 Å². The zero-order valence-corrected chi connectivity index (χ0v) is 21.4. The van der Waals surface area contributed by atoms with E-state index >= 15 is 0 Å². The average Bonchev–Trinajstić information content (AvgIpc) is 2.86. The SMILES string of the molecule is Cc1ccc(SC(=Nc2ccccc2[NH2+][O-])N(Cc2cccc(O)c2)CC2CCCCC2)c(C)c1. The van der Waals surface area contributed by atoms with Gasteiger partial charge >= 0.3 is 0 Å². The molecule has 184 valence electrons. The molecule has 0 radical (unpaired) electrons. The molecular weight excluding hydrogens is 454 g/mol. The summed E-state index contributed by atoms with van der Waals surface area (Å²) in [5, 5.41) is 22.7. The van der Waals surface area contributed by atoms with Crippen molar-refractivity contribution in [3.05, 3.63) is 88.6 Å². The van der Waals surface area contributed by atoms with Gasteiger partial charge in [-0.25, -0.2) is 4.99 Å². The first-order chi connectivity index (χ1) is 17.0. The van der Waals surface area contributed by atoms with Crippen LogP contribution in [0.15, 0.2) is 76.6 Å². The van der Waals surface area contributed by atoms with Crippen molar-refractivity contribution >= 4 is 28.3 Å². The number of aryl methyl sites for hydroxylation is 2. The maximum Gasteiger partial charge on any atom is 0.169 e. The third kappa shape index (κ3) is 7.10. The van der Waals surface area contributed by atoms with Gasteiger partial charge in [-0.15, -0.1) is 0 Å². The first-order valence-electron chi connectivity index (χ1n) is 12.4. The largest absolute Gasteiger partial charge is 0.630 e. The van der Waals surface area contributed by atoms with Crippen molar-refractivity contribution in [2.24, 2.45) is 10.9 Å². The van der Waals surface area contributed by atoms with Crippen LogP contribution in [0.1, 0.15) is 48.8 Å². The van der Waals surface area contributed by atoms with Gasteiger partial charge in [0.1, 0.15) is 11.4 Å². The fourth-order valence-corrected chi connectivity index (χ4v) is 5.69. The molecule has 3 aromatic rings. The van der Waals surface area contributed by atoms with Gasteiger partial charge in [-0.2, -0.15) is 0 Å². The number of amidine groups is 1. The smallest absolute Gasteiger partial charge is 0.169 e. The second-order valence-electron chi connectivity index (χ2n) is 9.50. The first kappa shape index (κ1) is 25.3. The topological polar surface area (TPSA) is 75.5 Å². The van der Waals surface area contributed by atoms with Crippen molar-refractivity contribution in [1.29, 1.82) is 0 Å². The lowest BCUT2D eigenvalue weighted by Gasteiger charge is -2.32. The molecule has 0 aromatic heterocycles. The minimum atomic E-state index is 0.270. The molecule has 0 aliphatic heterocycles. The molecule has 0 bridgehead atoms. The zero-order chi connectivity index (χ0) is 24.6. The average molecular weight is 490 g/mol. The summed E-state index contributed by atoms with van der Waals surface area (Å²) in [4.78, 5) is 8.58. The van der Waals surface area contributed by atoms with Gasteiger partial charge in [-0.1, -0.05) is 73.0 Å². The van der Waals surface area contributed by atoms with Gasteiger partial charge in [0.05, 0.1) is 0 Å². The van der Waals surface area contributed by atoms with Crippen LogP contribution in [0.25, 0.3) is 0 Å². The molecule has 1 aliphatic rings. The molecule has 35 heavy (non-hydrogen) atoms. The van der Waals surface area contributed by atoms with Crippen LogP contribution >= 0.6 is 11.8 Å². The predicted molar refractivity (Wildman–Crippen MR) is 145 cm³/mol. The Labute approximate surface area is 212 Å². The summed E-state index contributed by atoms with van der Waals surface area (Å²) in [7, 11) is 0. The third-order valence-electron chi connectivity index (χ3n) is 6.57. The number of hydrogen-bond acceptors (Lipinski definition) is 4. The highest BCUT2D eigenvalue weighted by Crippen LogP contribution is 2.33. The van der Waals surface area contributed by atoms with E-state index in [0.717, 1.165) is 27.7 Å². The highest BCUT2D eigenvalue weighted by Gasteiger charge is 2.22. The molecule has 1 aliphatic carbocycles. The Bertz CT molecular complexity index is 1160. The van der Waals surface area contributed by atoms with Crippen molar-refractivity contribution in [2.45, 2.75) is 57.4 Å². The fourth-order valence-electron chi connectivity index (χ4n) is 4.73. The minimum absolute atomic E-state index is 0.270. The van der Waals surface area contributed by atoms with E-state index in [-0.39, 0.29) is 5.75 Å². The van der Waals surface area contributed by atoms with E-state index < -0.39 is 0 Å². The number of phenolic OH excluding ortho intramolecular Hbond substituents is 1. The van der Waals surface area contributed by atoms with Gasteiger partial charge in [0.2, 0.25) is 0 Å². The summed E-state index contributed by atoms with van der Waals surface area (Å²) in [5.74, 6) is 0.874. The summed E-state index contributed by atoms with van der Waals surface area (Å²) in [6.45, 7) is 5.78. The molecule has 0 heterocycles. The number of quaternary nitrogens is 1. The van der Waals surface area contributed by atoms with Crippen molar-refractivity contribution in [1.82, 2.24) is 4.90 Å². The Morgan fingerprint density at radius 2 is 1.83 bits per heavy atom. The lowest BCUT2D eigenvalue weighted by molar-refractivity contribution is -0.496. The normalized spacial score (nSPS) is 14.8. The number of hydrogen-bond donors (Lipinski definition) is 2. The summed E-state index contributed by atoms with van der Waals surface area (Å²) < 4.78 is 0. The number of thioether (sulfide) groups is 1. The molecule has 5 nitrogen and oxygen atoms in total. The Morgan fingerprint density at radius 3 is 2.57 bits per heavy atom. The monoisotopic (exact) mass is 489 g/mol. The molecule has 1 fully saturated rings. The van der Waals surface area contributed by atoms with E-state index in [9.17, 15) is 10.3 Å². The van der Waals surface area contributed by atoms with Crippen LogP contribution in [0.3, 0.4) is 0 Å². The van der Waals surface area contributed by atoms with Gasteiger partial charge in [-0.3, -0.25) is 0 Å². The van der Waals surface area contributed by atoms with Crippen LogP contribution in [0.5, 0.6) is 5.75 Å². The number of aliphatic imine (C=N–C) groups is 1. The standard InChI is InChI=1S/C29H35N3O2S/c1-21-15-16-28(22(2)17-21)35-29(30-26-13-6-7-14-27(26)31-34)32(19-23-9-4-3-5-10-23)20-24-11-8-12-25(33)18-24/h6-8,11-18,23,33H,3-5,9-10,19-20,31H2,1-2H3. The molecule has 6 heteroatoms. The second kappa shape index (κ2) is 12.2. The maximum absolute atomic E-state index is 11.8. The van der Waals surface area contributed by atoms with Crippen LogP contribution < -0.4 is 5.48 Å². The van der Waals surface area contributed by atoms with E-state index in [1.54, 1.807) is 17.8 Å². The van der Waals surface area contributed by atoms with E-state index in [2.05, 4.69) is 36.9 Å². The van der Waals surface area contributed by atoms with Crippen LogP contribution in [0, 0.1) is 25.0 Å². The van der Waals surface area contributed by atoms with Crippen LogP contribution in [0.4, 0.5) is 11.4 Å². The van der Waals surface area contributed by atoms with Crippen LogP contribution in [-0.4, -0.2) is 21.7 Å². The maximum atomic E-state index is 11.8. The molecule has 0 amide bonds. The number of aromatic hydroxyl groups is 1. The molecule has 3 N–H and O–H groups in total. The van der Waals surface area contributed by atoms with Gasteiger partial charge in [0, 0.05) is 24.1 Å². The summed E-state index contributed by atoms with van der Waals surface area (Å²) in [6.07, 6.45) is 6.31. The van der Waals surface area contributed by atoms with Gasteiger partial charge in [0.25, 0.3) is 0 Å². The molecule has 0 saturated heterocycles. The minimum Gasteiger partial charge on any atom is -0.630 e. The molecule has 0 atom stereocenters. The van der Waals surface area contributed by atoms with Gasteiger partial charge < -0.3 is 20.7 Å². The Kier molecular flexibility index (Phi) is 8.85. The van der Waals surface area contributed by atoms with E-state index in [0.29, 0.717) is 23.8 Å². The number of nitrogens with zero attached hydrogens (tertiary/aromatic N) is 2. The van der Waals surface area contributed by atoms with E-state index in [1.807, 2.05) is 42.5 Å². The molecule has 0 unspecified atom stereocenters. The highest BCUT2D eigenvalue weighted by molar-refractivity contribution is 8.13. The summed E-state index contributed by atoms with van der Waals surface area (Å²) >= 11 is 1.66. The van der Waals surface area contributed by atoms with E-state index in [1.165, 1.54) is 43.2 Å². The number of nitrogens with two attached hydrogens (primary N) is 1. The van der Waals surface area contributed by atoms with Crippen molar-refractivity contribution < 1.29 is 10.6 Å². The van der Waals surface area contributed by atoms with Gasteiger partial charge in [0.15, 0.2) is 10.9 Å². The zero-order valence-electron chi connectivity index (χ0n) is 20.6. The second-order valence-corrected chi connectivity index (χ2v) is 10.5. The Hall–Kier alpha value is -2.80. The number of rotatable bonds is 7. The van der Waals surface area contributed by atoms with Gasteiger partial charge in [-0.05, 0) is 68.0 Å². The molecule has 1 saturated carbocycles. The lowest BCUT2D eigenvalue weighted by atomic mass is 9.89. The van der Waals surface area contributed by atoms with Crippen LogP contribution in [0.2, 0.25) is 0 Å². The number of para-hydroxylation sites is 1. The quantitative estimate of drug-likeness (QED) is 0.129. The van der Waals surface area contributed by atoms with Crippen LogP contribution in [-0.2, 0) is 6.54 Å². The molecule has 3 aromatic carbocycles. The van der Waals surface area contributed by atoms with Crippen molar-refractivity contribution in [3.8, 4) is 5.75 Å².